The van der Waals surface area contributed by atoms with Crippen molar-refractivity contribution in [2.24, 2.45) is 0 Å². The average Bonchev–Trinajstić information content (AvgIpc) is 3.31. The molecule has 1 saturated heterocycles. The Morgan fingerprint density at radius 3 is 2.44 bits per heavy atom. The number of fused-ring (bicyclic) bond motifs is 3. The van der Waals surface area contributed by atoms with Gasteiger partial charge in [0.2, 0.25) is 5.91 Å². The van der Waals surface area contributed by atoms with Crippen molar-refractivity contribution in [2.75, 3.05) is 13.1 Å². The molecular formula is C22H16F4N2O4. The highest BCUT2D eigenvalue weighted by molar-refractivity contribution is 5.99. The SMILES string of the molecule is O=C(NCC(=O)N1CC(=C(F)F)CC1C(=O)O)c1ccc2c(c1)-c1ccccc1C2(F)F. The third kappa shape index (κ3) is 3.51. The number of amides is 2. The molecule has 1 aliphatic carbocycles. The van der Waals surface area contributed by atoms with E-state index in [0.29, 0.717) is 5.56 Å². The topological polar surface area (TPSA) is 86.7 Å². The molecule has 0 bridgehead atoms. The summed E-state index contributed by atoms with van der Waals surface area (Å²) in [6.45, 7) is -1.17. The standard InChI is InChI=1S/C22H16F4N2O4/c23-19(24)12-8-17(21(31)32)28(10-12)18(29)9-27-20(30)11-5-6-16-14(7-11)13-3-1-2-4-15(13)22(16,25)26/h1-7,17H,8-10H2,(H,27,30)(H,31,32). The van der Waals surface area contributed by atoms with Gasteiger partial charge in [-0.2, -0.15) is 17.6 Å². The van der Waals surface area contributed by atoms with Gasteiger partial charge in [0.1, 0.15) is 6.04 Å². The number of carbonyl (C=O) groups excluding carboxylic acids is 2. The van der Waals surface area contributed by atoms with E-state index < -0.39 is 60.9 Å². The van der Waals surface area contributed by atoms with Crippen LogP contribution in [0.15, 0.2) is 54.1 Å². The van der Waals surface area contributed by atoms with Gasteiger partial charge in [-0.15, -0.1) is 0 Å². The van der Waals surface area contributed by atoms with Crippen LogP contribution in [0.1, 0.15) is 27.9 Å². The summed E-state index contributed by atoms with van der Waals surface area (Å²) in [6.07, 6.45) is -2.53. The molecule has 0 radical (unpaired) electrons. The molecule has 1 heterocycles. The minimum atomic E-state index is -3.20. The molecule has 2 aromatic rings. The molecule has 2 aromatic carbocycles. The fraction of sp³-hybridized carbons (Fsp3) is 0.227. The summed E-state index contributed by atoms with van der Waals surface area (Å²) in [5.74, 6) is -6.22. The predicted molar refractivity (Wildman–Crippen MR) is 104 cm³/mol. The number of alkyl halides is 2. The highest BCUT2D eigenvalue weighted by atomic mass is 19.3. The summed E-state index contributed by atoms with van der Waals surface area (Å²) >= 11 is 0. The first-order valence-electron chi connectivity index (χ1n) is 9.57. The lowest BCUT2D eigenvalue weighted by Gasteiger charge is -2.21. The van der Waals surface area contributed by atoms with Gasteiger partial charge in [-0.3, -0.25) is 9.59 Å². The molecule has 2 amide bonds. The molecule has 0 aromatic heterocycles. The van der Waals surface area contributed by atoms with Crippen LogP contribution in [0, 0.1) is 0 Å². The van der Waals surface area contributed by atoms with Crippen molar-refractivity contribution >= 4 is 17.8 Å². The van der Waals surface area contributed by atoms with E-state index in [1.807, 2.05) is 0 Å². The van der Waals surface area contributed by atoms with Crippen LogP contribution in [0.5, 0.6) is 0 Å². The van der Waals surface area contributed by atoms with Crippen LogP contribution in [-0.2, 0) is 15.5 Å². The van der Waals surface area contributed by atoms with Gasteiger partial charge in [0.05, 0.1) is 6.54 Å². The number of carbonyl (C=O) groups is 3. The Hall–Kier alpha value is -3.69. The lowest BCUT2D eigenvalue weighted by atomic mass is 10.0. The van der Waals surface area contributed by atoms with Crippen molar-refractivity contribution in [1.82, 2.24) is 10.2 Å². The molecule has 4 rings (SSSR count). The van der Waals surface area contributed by atoms with Crippen LogP contribution in [0.4, 0.5) is 17.6 Å². The third-order valence-electron chi connectivity index (χ3n) is 5.63. The lowest BCUT2D eigenvalue weighted by Crippen LogP contribution is -2.45. The van der Waals surface area contributed by atoms with Crippen molar-refractivity contribution in [3.05, 3.63) is 70.8 Å². The summed E-state index contributed by atoms with van der Waals surface area (Å²) in [4.78, 5) is 36.9. The monoisotopic (exact) mass is 448 g/mol. The number of benzene rings is 2. The third-order valence-corrected chi connectivity index (χ3v) is 5.63. The molecule has 1 unspecified atom stereocenters. The van der Waals surface area contributed by atoms with Crippen molar-refractivity contribution in [2.45, 2.75) is 18.4 Å². The summed E-state index contributed by atoms with van der Waals surface area (Å²) in [5, 5.41) is 11.5. The first kappa shape index (κ1) is 21.5. The summed E-state index contributed by atoms with van der Waals surface area (Å²) in [5.41, 5.74) is -0.331. The van der Waals surface area contributed by atoms with E-state index in [0.717, 1.165) is 11.0 Å². The highest BCUT2D eigenvalue weighted by Crippen LogP contribution is 2.50. The quantitative estimate of drug-likeness (QED) is 0.703. The number of carboxylic acid groups (broad SMARTS) is 1. The van der Waals surface area contributed by atoms with E-state index in [1.165, 1.54) is 30.3 Å². The molecule has 166 valence electrons. The first-order valence-corrected chi connectivity index (χ1v) is 9.57. The maximum Gasteiger partial charge on any atom is 0.326 e. The molecule has 0 saturated carbocycles. The number of carboxylic acids is 1. The number of halogens is 4. The van der Waals surface area contributed by atoms with E-state index in [2.05, 4.69) is 5.32 Å². The predicted octanol–water partition coefficient (Wildman–Crippen LogP) is 3.37. The van der Waals surface area contributed by atoms with Crippen LogP contribution in [-0.4, -0.2) is 46.9 Å². The van der Waals surface area contributed by atoms with E-state index in [4.69, 9.17) is 0 Å². The van der Waals surface area contributed by atoms with Crippen LogP contribution in [0.25, 0.3) is 11.1 Å². The van der Waals surface area contributed by atoms with Crippen LogP contribution in [0.2, 0.25) is 0 Å². The molecule has 1 atom stereocenters. The molecule has 1 aliphatic heterocycles. The van der Waals surface area contributed by atoms with Gasteiger partial charge in [0, 0.05) is 35.2 Å². The Kier molecular flexibility index (Phi) is 5.23. The van der Waals surface area contributed by atoms with Gasteiger partial charge in [-0.05, 0) is 23.3 Å². The Labute approximate surface area is 179 Å². The van der Waals surface area contributed by atoms with E-state index in [-0.39, 0.29) is 22.3 Å². The number of rotatable bonds is 4. The Morgan fingerprint density at radius 2 is 1.75 bits per heavy atom. The second-order valence-corrected chi connectivity index (χ2v) is 7.51. The molecule has 0 spiro atoms. The number of hydrogen-bond donors (Lipinski definition) is 2. The lowest BCUT2D eigenvalue weighted by molar-refractivity contribution is -0.147. The zero-order chi connectivity index (χ0) is 23.2. The number of hydrogen-bond acceptors (Lipinski definition) is 3. The van der Waals surface area contributed by atoms with Gasteiger partial charge < -0.3 is 15.3 Å². The zero-order valence-electron chi connectivity index (χ0n) is 16.4. The number of nitrogens with one attached hydrogen (secondary N) is 1. The van der Waals surface area contributed by atoms with Crippen molar-refractivity contribution in [3.8, 4) is 11.1 Å². The highest BCUT2D eigenvalue weighted by Gasteiger charge is 2.44. The maximum atomic E-state index is 14.6. The Morgan fingerprint density at radius 1 is 1.06 bits per heavy atom. The minimum absolute atomic E-state index is 0.0237. The van der Waals surface area contributed by atoms with Crippen molar-refractivity contribution in [1.29, 1.82) is 0 Å². The Bertz CT molecular complexity index is 1170. The first-order chi connectivity index (χ1) is 15.1. The van der Waals surface area contributed by atoms with Crippen molar-refractivity contribution < 1.29 is 37.1 Å². The summed E-state index contributed by atoms with van der Waals surface area (Å²) < 4.78 is 54.9. The van der Waals surface area contributed by atoms with Crippen molar-refractivity contribution in [3.63, 3.8) is 0 Å². The van der Waals surface area contributed by atoms with Gasteiger partial charge in [0.15, 0.2) is 0 Å². The molecule has 2 aliphatic rings. The second kappa shape index (κ2) is 7.77. The molecule has 32 heavy (non-hydrogen) atoms. The minimum Gasteiger partial charge on any atom is -0.480 e. The second-order valence-electron chi connectivity index (χ2n) is 7.51. The van der Waals surface area contributed by atoms with Gasteiger partial charge >= 0.3 is 5.97 Å². The van der Waals surface area contributed by atoms with E-state index in [1.54, 1.807) is 6.07 Å². The van der Waals surface area contributed by atoms with Crippen LogP contribution >= 0.6 is 0 Å². The molecular weight excluding hydrogens is 432 g/mol. The molecule has 6 nitrogen and oxygen atoms in total. The normalized spacial score (nSPS) is 18.2. The largest absolute Gasteiger partial charge is 0.480 e. The Balaban J connectivity index is 1.50. The number of likely N-dealkylation sites (tertiary alicyclic amines) is 1. The maximum absolute atomic E-state index is 14.6. The van der Waals surface area contributed by atoms with Crippen LogP contribution < -0.4 is 5.32 Å². The average molecular weight is 448 g/mol. The van der Waals surface area contributed by atoms with Gasteiger partial charge in [-0.25, -0.2) is 4.79 Å². The number of nitrogens with zero attached hydrogens (tertiary/aromatic N) is 1. The smallest absolute Gasteiger partial charge is 0.326 e. The van der Waals surface area contributed by atoms with Gasteiger partial charge in [-0.1, -0.05) is 30.3 Å². The number of aliphatic carboxylic acids is 1. The van der Waals surface area contributed by atoms with E-state index >= 15 is 0 Å². The molecule has 1 fully saturated rings. The fourth-order valence-corrected chi connectivity index (χ4v) is 4.02. The summed E-state index contributed by atoms with van der Waals surface area (Å²) in [7, 11) is 0. The summed E-state index contributed by atoms with van der Waals surface area (Å²) in [6, 6.07) is 8.13. The molecule has 2 N–H and O–H groups in total. The zero-order valence-corrected chi connectivity index (χ0v) is 16.4. The molecule has 10 heteroatoms. The van der Waals surface area contributed by atoms with Gasteiger partial charge in [0.25, 0.3) is 17.9 Å². The fourth-order valence-electron chi connectivity index (χ4n) is 4.02. The van der Waals surface area contributed by atoms with E-state index in [9.17, 15) is 37.1 Å². The van der Waals surface area contributed by atoms with Crippen LogP contribution in [0.3, 0.4) is 0 Å².